The number of aromatic nitrogens is 3. The summed E-state index contributed by atoms with van der Waals surface area (Å²) in [6.07, 6.45) is 2.79. The van der Waals surface area contributed by atoms with E-state index in [1.807, 2.05) is 24.3 Å². The Hall–Kier alpha value is -3.31. The molecule has 4 heterocycles. The third-order valence-electron chi connectivity index (χ3n) is 8.26. The monoisotopic (exact) mass is 639 g/mol. The molecule has 3 aromatic rings. The summed E-state index contributed by atoms with van der Waals surface area (Å²) >= 11 is 12.7. The Morgan fingerprint density at radius 1 is 0.909 bits per heavy atom. The molecule has 2 aliphatic rings. The van der Waals surface area contributed by atoms with Gasteiger partial charge in [0.1, 0.15) is 0 Å². The van der Waals surface area contributed by atoms with E-state index in [0.29, 0.717) is 28.9 Å². The van der Waals surface area contributed by atoms with Crippen molar-refractivity contribution in [1.82, 2.24) is 30.3 Å². The van der Waals surface area contributed by atoms with Gasteiger partial charge in [0.25, 0.3) is 0 Å². The number of hydrogen-bond donors (Lipinski definition) is 2. The molecule has 2 N–H and O–H groups in total. The van der Waals surface area contributed by atoms with Gasteiger partial charge in [-0.15, -0.1) is 5.10 Å². The fourth-order valence-corrected chi connectivity index (χ4v) is 6.36. The van der Waals surface area contributed by atoms with E-state index in [9.17, 15) is 9.59 Å². The highest BCUT2D eigenvalue weighted by atomic mass is 35.5. The van der Waals surface area contributed by atoms with Gasteiger partial charge in [-0.2, -0.15) is 5.10 Å². The summed E-state index contributed by atoms with van der Waals surface area (Å²) in [6.45, 7) is 8.80. The Bertz CT molecular complexity index is 1420. The molecule has 0 saturated carbocycles. The number of piperidine rings is 1. The highest BCUT2D eigenvalue weighted by Gasteiger charge is 2.21. The molecule has 0 radical (unpaired) electrons. The van der Waals surface area contributed by atoms with Crippen LogP contribution in [0.5, 0.6) is 0 Å². The minimum atomic E-state index is -0.766. The maximum atomic E-state index is 11.3. The first-order chi connectivity index (χ1) is 21.2. The van der Waals surface area contributed by atoms with Gasteiger partial charge >= 0.3 is 5.97 Å². The summed E-state index contributed by atoms with van der Waals surface area (Å²) < 4.78 is 0. The number of benzene rings is 1. The van der Waals surface area contributed by atoms with E-state index in [-0.39, 0.29) is 12.3 Å². The Labute approximate surface area is 268 Å². The number of likely N-dealkylation sites (tertiary alicyclic amines) is 1. The van der Waals surface area contributed by atoms with Crippen LogP contribution in [0, 0.1) is 5.92 Å². The van der Waals surface area contributed by atoms with Crippen molar-refractivity contribution in [2.45, 2.75) is 39.2 Å². The molecule has 0 bridgehead atoms. The van der Waals surface area contributed by atoms with Crippen molar-refractivity contribution in [3.8, 4) is 11.3 Å². The zero-order chi connectivity index (χ0) is 31.1. The van der Waals surface area contributed by atoms with Crippen molar-refractivity contribution in [3.63, 3.8) is 0 Å². The first-order valence-electron chi connectivity index (χ1n) is 15.1. The average molecular weight is 641 g/mol. The maximum Gasteiger partial charge on any atom is 0.304 e. The molecule has 0 spiro atoms. The third-order valence-corrected chi connectivity index (χ3v) is 8.69. The molecule has 5 rings (SSSR count). The Balaban J connectivity index is 1.27. The topological polar surface area (TPSA) is 115 Å². The van der Waals surface area contributed by atoms with Gasteiger partial charge in [-0.25, -0.2) is 0 Å². The number of halogens is 2. The van der Waals surface area contributed by atoms with Gasteiger partial charge < -0.3 is 15.3 Å². The van der Waals surface area contributed by atoms with E-state index >= 15 is 0 Å². The summed E-state index contributed by atoms with van der Waals surface area (Å²) in [7, 11) is 0. The fourth-order valence-electron chi connectivity index (χ4n) is 5.83. The average Bonchev–Trinajstić information content (AvgIpc) is 3.00. The fraction of sp³-hybridized carbons (Fsp3) is 0.469. The van der Waals surface area contributed by atoms with Gasteiger partial charge in [-0.3, -0.25) is 24.4 Å². The van der Waals surface area contributed by atoms with Gasteiger partial charge in [0, 0.05) is 80.5 Å². The Morgan fingerprint density at radius 3 is 2.27 bits per heavy atom. The zero-order valence-electron chi connectivity index (χ0n) is 25.0. The standard InChI is InChI=1S/C32H39Cl2N7O3/c1-22(42)35-20-23-4-7-40(8-5-23)21-24-14-29(36-30(15-24)25-16-26(33)18-27(34)17-25)19-28-2-3-31(38-37-28)41-12-10-39(11-13-41)9-6-32(43)44/h2-3,14-18,23H,4-13,19-21H2,1H3,(H,35,42)(H,43,44). The van der Waals surface area contributed by atoms with Crippen molar-refractivity contribution >= 4 is 40.9 Å². The molecule has 0 unspecified atom stereocenters. The van der Waals surface area contributed by atoms with Gasteiger partial charge in [0.2, 0.25) is 5.91 Å². The van der Waals surface area contributed by atoms with E-state index in [0.717, 1.165) is 99.2 Å². The molecule has 2 saturated heterocycles. The number of anilines is 1. The number of carboxylic acid groups (broad SMARTS) is 1. The number of carbonyl (C=O) groups is 2. The number of nitrogens with one attached hydrogen (secondary N) is 1. The molecular weight excluding hydrogens is 601 g/mol. The van der Waals surface area contributed by atoms with Gasteiger partial charge in [0.05, 0.1) is 17.8 Å². The van der Waals surface area contributed by atoms with E-state index in [4.69, 9.17) is 33.3 Å². The van der Waals surface area contributed by atoms with E-state index < -0.39 is 5.97 Å². The molecule has 1 aromatic carbocycles. The van der Waals surface area contributed by atoms with E-state index in [1.165, 1.54) is 0 Å². The highest BCUT2D eigenvalue weighted by Crippen LogP contribution is 2.28. The van der Waals surface area contributed by atoms with Crippen molar-refractivity contribution in [1.29, 1.82) is 0 Å². The molecule has 12 heteroatoms. The Kier molecular flexibility index (Phi) is 11.0. The number of amides is 1. The van der Waals surface area contributed by atoms with E-state index in [1.54, 1.807) is 13.0 Å². The molecule has 2 fully saturated rings. The first-order valence-corrected chi connectivity index (χ1v) is 15.9. The lowest BCUT2D eigenvalue weighted by Gasteiger charge is -2.34. The summed E-state index contributed by atoms with van der Waals surface area (Å²) in [4.78, 5) is 34.0. The molecular formula is C32H39Cl2N7O3. The van der Waals surface area contributed by atoms with Crippen LogP contribution in [0.1, 0.15) is 43.1 Å². The quantitative estimate of drug-likeness (QED) is 0.315. The maximum absolute atomic E-state index is 11.3. The SMILES string of the molecule is CC(=O)NCC1CCN(Cc2cc(Cc3ccc(N4CCN(CCC(=O)O)CC4)nn3)nc(-c3cc(Cl)cc(Cl)c3)c2)CC1. The second-order valence-corrected chi connectivity index (χ2v) is 12.6. The van der Waals surface area contributed by atoms with Gasteiger partial charge in [0.15, 0.2) is 5.82 Å². The summed E-state index contributed by atoms with van der Waals surface area (Å²) in [5.41, 5.74) is 4.55. The van der Waals surface area contributed by atoms with Crippen LogP contribution in [0.15, 0.2) is 42.5 Å². The smallest absolute Gasteiger partial charge is 0.304 e. The van der Waals surface area contributed by atoms with Crippen LogP contribution in [0.3, 0.4) is 0 Å². The lowest BCUT2D eigenvalue weighted by atomic mass is 9.96. The van der Waals surface area contributed by atoms with Crippen LogP contribution in [-0.2, 0) is 22.6 Å². The molecule has 44 heavy (non-hydrogen) atoms. The lowest BCUT2D eigenvalue weighted by molar-refractivity contribution is -0.137. The number of nitrogens with zero attached hydrogens (tertiary/aromatic N) is 6. The minimum Gasteiger partial charge on any atom is -0.481 e. The largest absolute Gasteiger partial charge is 0.481 e. The van der Waals surface area contributed by atoms with Crippen molar-refractivity contribution < 1.29 is 14.7 Å². The molecule has 2 aliphatic heterocycles. The summed E-state index contributed by atoms with van der Waals surface area (Å²) in [6, 6.07) is 13.7. The van der Waals surface area contributed by atoms with Crippen molar-refractivity contribution in [2.24, 2.45) is 5.92 Å². The number of piperazine rings is 1. The molecule has 1 amide bonds. The number of rotatable bonds is 11. The Morgan fingerprint density at radius 2 is 1.64 bits per heavy atom. The number of carboxylic acids is 1. The summed E-state index contributed by atoms with van der Waals surface area (Å²) in [5, 5.41) is 22.1. The molecule has 234 valence electrons. The van der Waals surface area contributed by atoms with Gasteiger partial charge in [-0.1, -0.05) is 23.2 Å². The van der Waals surface area contributed by atoms with Crippen LogP contribution < -0.4 is 10.2 Å². The van der Waals surface area contributed by atoms with Crippen LogP contribution >= 0.6 is 23.2 Å². The van der Waals surface area contributed by atoms with Crippen LogP contribution in [0.2, 0.25) is 10.0 Å². The highest BCUT2D eigenvalue weighted by molar-refractivity contribution is 6.35. The molecule has 0 aliphatic carbocycles. The van der Waals surface area contributed by atoms with Crippen LogP contribution in [-0.4, -0.2) is 94.3 Å². The number of pyridine rings is 1. The zero-order valence-corrected chi connectivity index (χ0v) is 26.5. The first kappa shape index (κ1) is 32.1. The molecule has 0 atom stereocenters. The normalized spacial score (nSPS) is 16.7. The molecule has 2 aromatic heterocycles. The number of carbonyl (C=O) groups excluding carboxylic acids is 1. The van der Waals surface area contributed by atoms with E-state index in [2.05, 4.69) is 42.3 Å². The summed E-state index contributed by atoms with van der Waals surface area (Å²) in [5.74, 6) is 0.592. The number of hydrogen-bond acceptors (Lipinski definition) is 8. The lowest BCUT2D eigenvalue weighted by Crippen LogP contribution is -2.47. The number of aliphatic carboxylic acids is 1. The van der Waals surface area contributed by atoms with Crippen molar-refractivity contribution in [2.75, 3.05) is 57.3 Å². The third kappa shape index (κ3) is 9.34. The predicted molar refractivity (Wildman–Crippen MR) is 172 cm³/mol. The van der Waals surface area contributed by atoms with Crippen LogP contribution in [0.4, 0.5) is 5.82 Å². The van der Waals surface area contributed by atoms with Crippen LogP contribution in [0.25, 0.3) is 11.3 Å². The molecule has 10 nitrogen and oxygen atoms in total. The second-order valence-electron chi connectivity index (χ2n) is 11.7. The van der Waals surface area contributed by atoms with Gasteiger partial charge in [-0.05, 0) is 79.9 Å². The predicted octanol–water partition coefficient (Wildman–Crippen LogP) is 4.38. The van der Waals surface area contributed by atoms with Crippen molar-refractivity contribution in [3.05, 3.63) is 69.5 Å². The minimum absolute atomic E-state index is 0.0255. The second kappa shape index (κ2) is 15.1.